The monoisotopic (exact) mass is 247 g/mol. The molecule has 3 N–H and O–H groups in total. The highest BCUT2D eigenvalue weighted by Gasteiger charge is 2.20. The van der Waals surface area contributed by atoms with Crippen LogP contribution in [0.15, 0.2) is 30.3 Å². The molecule has 1 atom stereocenters. The van der Waals surface area contributed by atoms with Crippen LogP contribution in [0.25, 0.3) is 0 Å². The van der Waals surface area contributed by atoms with Gasteiger partial charge in [-0.15, -0.1) is 0 Å². The smallest absolute Gasteiger partial charge is 0.234 e. The Kier molecular flexibility index (Phi) is 4.73. The van der Waals surface area contributed by atoms with Crippen LogP contribution in [0.4, 0.5) is 0 Å². The molecule has 0 bridgehead atoms. The van der Waals surface area contributed by atoms with Crippen molar-refractivity contribution in [2.24, 2.45) is 5.73 Å². The molecule has 98 valence electrons. The number of amides is 1. The Bertz CT molecular complexity index is 380. The maximum absolute atomic E-state index is 11.7. The maximum atomic E-state index is 11.7. The van der Waals surface area contributed by atoms with Gasteiger partial charge >= 0.3 is 0 Å². The number of benzene rings is 1. The number of likely N-dealkylation sites (tertiary alicyclic amines) is 1. The maximum Gasteiger partial charge on any atom is 0.234 e. The highest BCUT2D eigenvalue weighted by atomic mass is 16.2. The van der Waals surface area contributed by atoms with Crippen LogP contribution in [0, 0.1) is 0 Å². The van der Waals surface area contributed by atoms with Gasteiger partial charge < -0.3 is 11.1 Å². The minimum Gasteiger partial charge on any atom is -0.355 e. The number of carbonyl (C=O) groups excluding carboxylic acids is 1. The van der Waals surface area contributed by atoms with Crippen molar-refractivity contribution < 1.29 is 4.79 Å². The fourth-order valence-corrected chi connectivity index (χ4v) is 2.26. The SMILES string of the molecule is NC1CCN(CC(=O)NCCc2ccccc2)C1. The molecule has 0 saturated carbocycles. The van der Waals surface area contributed by atoms with Crippen LogP contribution in [0.2, 0.25) is 0 Å². The molecule has 18 heavy (non-hydrogen) atoms. The molecule has 0 radical (unpaired) electrons. The van der Waals surface area contributed by atoms with Crippen molar-refractivity contribution in [2.45, 2.75) is 18.9 Å². The Morgan fingerprint density at radius 2 is 2.17 bits per heavy atom. The lowest BCUT2D eigenvalue weighted by atomic mass is 10.1. The van der Waals surface area contributed by atoms with Crippen LogP contribution in [0.5, 0.6) is 0 Å². The molecule has 1 unspecified atom stereocenters. The van der Waals surface area contributed by atoms with Crippen LogP contribution in [0.1, 0.15) is 12.0 Å². The quantitative estimate of drug-likeness (QED) is 0.791. The molecule has 0 spiro atoms. The second kappa shape index (κ2) is 6.52. The zero-order chi connectivity index (χ0) is 12.8. The summed E-state index contributed by atoms with van der Waals surface area (Å²) in [4.78, 5) is 13.8. The second-order valence-electron chi connectivity index (χ2n) is 4.87. The predicted molar refractivity (Wildman–Crippen MR) is 72.2 cm³/mol. The van der Waals surface area contributed by atoms with Crippen LogP contribution in [0.3, 0.4) is 0 Å². The summed E-state index contributed by atoms with van der Waals surface area (Å²) in [7, 11) is 0. The molecule has 1 fully saturated rings. The van der Waals surface area contributed by atoms with Crippen molar-refractivity contribution in [2.75, 3.05) is 26.2 Å². The average molecular weight is 247 g/mol. The fourth-order valence-electron chi connectivity index (χ4n) is 2.26. The third kappa shape index (κ3) is 4.13. The van der Waals surface area contributed by atoms with Gasteiger partial charge in [0.25, 0.3) is 0 Å². The Morgan fingerprint density at radius 1 is 1.39 bits per heavy atom. The number of hydrogen-bond donors (Lipinski definition) is 2. The van der Waals surface area contributed by atoms with Crippen molar-refractivity contribution in [1.29, 1.82) is 0 Å². The first-order valence-corrected chi connectivity index (χ1v) is 6.52. The van der Waals surface area contributed by atoms with Crippen molar-refractivity contribution in [3.8, 4) is 0 Å². The zero-order valence-electron chi connectivity index (χ0n) is 10.6. The summed E-state index contributed by atoms with van der Waals surface area (Å²) in [6.07, 6.45) is 1.88. The lowest BCUT2D eigenvalue weighted by molar-refractivity contribution is -0.121. The molecule has 0 aliphatic carbocycles. The van der Waals surface area contributed by atoms with E-state index in [-0.39, 0.29) is 11.9 Å². The summed E-state index contributed by atoms with van der Waals surface area (Å²) in [6.45, 7) is 2.95. The van der Waals surface area contributed by atoms with E-state index in [1.165, 1.54) is 5.56 Å². The van der Waals surface area contributed by atoms with E-state index < -0.39 is 0 Å². The molecule has 1 aliphatic rings. The average Bonchev–Trinajstić information content (AvgIpc) is 2.76. The van der Waals surface area contributed by atoms with Gasteiger partial charge in [0.1, 0.15) is 0 Å². The van der Waals surface area contributed by atoms with Crippen LogP contribution in [-0.2, 0) is 11.2 Å². The van der Waals surface area contributed by atoms with Crippen LogP contribution < -0.4 is 11.1 Å². The summed E-state index contributed by atoms with van der Waals surface area (Å²) in [5.41, 5.74) is 7.05. The van der Waals surface area contributed by atoms with Gasteiger partial charge in [-0.25, -0.2) is 0 Å². The molecule has 1 aliphatic heterocycles. The molecule has 4 heteroatoms. The molecule has 1 aromatic carbocycles. The second-order valence-corrected chi connectivity index (χ2v) is 4.87. The molecule has 2 rings (SSSR count). The fraction of sp³-hybridized carbons (Fsp3) is 0.500. The van der Waals surface area contributed by atoms with Gasteiger partial charge in [-0.3, -0.25) is 9.69 Å². The van der Waals surface area contributed by atoms with E-state index in [0.717, 1.165) is 25.9 Å². The number of nitrogens with two attached hydrogens (primary N) is 1. The molecule has 1 heterocycles. The molecular weight excluding hydrogens is 226 g/mol. The van der Waals surface area contributed by atoms with Gasteiger partial charge in [0, 0.05) is 25.7 Å². The summed E-state index contributed by atoms with van der Waals surface area (Å²) >= 11 is 0. The number of carbonyl (C=O) groups is 1. The third-order valence-corrected chi connectivity index (χ3v) is 3.25. The summed E-state index contributed by atoms with van der Waals surface area (Å²) in [5, 5.41) is 2.95. The Balaban J connectivity index is 1.63. The molecule has 4 nitrogen and oxygen atoms in total. The van der Waals surface area contributed by atoms with E-state index in [1.54, 1.807) is 0 Å². The molecule has 1 saturated heterocycles. The standard InChI is InChI=1S/C14H21N3O/c15-13-7-9-17(10-13)11-14(18)16-8-6-12-4-2-1-3-5-12/h1-5,13H,6-11,15H2,(H,16,18). The Labute approximate surface area is 108 Å². The predicted octanol–water partition coefficient (Wildman–Crippen LogP) is 0.378. The van der Waals surface area contributed by atoms with Crippen molar-refractivity contribution >= 4 is 5.91 Å². The molecular formula is C14H21N3O. The summed E-state index contributed by atoms with van der Waals surface area (Å²) < 4.78 is 0. The number of hydrogen-bond acceptors (Lipinski definition) is 3. The molecule has 1 aromatic rings. The minimum atomic E-state index is 0.0973. The van der Waals surface area contributed by atoms with Gasteiger partial charge in [0.05, 0.1) is 6.54 Å². The van der Waals surface area contributed by atoms with Gasteiger partial charge in [-0.1, -0.05) is 30.3 Å². The molecule has 0 aromatic heterocycles. The third-order valence-electron chi connectivity index (χ3n) is 3.25. The van der Waals surface area contributed by atoms with Crippen LogP contribution >= 0.6 is 0 Å². The minimum absolute atomic E-state index is 0.0973. The van der Waals surface area contributed by atoms with E-state index in [4.69, 9.17) is 5.73 Å². The summed E-state index contributed by atoms with van der Waals surface area (Å²) in [6, 6.07) is 10.4. The number of nitrogens with zero attached hydrogens (tertiary/aromatic N) is 1. The Hall–Kier alpha value is -1.39. The first kappa shape index (κ1) is 13.1. The normalized spacial score (nSPS) is 19.9. The van der Waals surface area contributed by atoms with Gasteiger partial charge in [-0.2, -0.15) is 0 Å². The lowest BCUT2D eigenvalue weighted by Crippen LogP contribution is -2.38. The van der Waals surface area contributed by atoms with Crippen molar-refractivity contribution in [3.63, 3.8) is 0 Å². The van der Waals surface area contributed by atoms with E-state index in [2.05, 4.69) is 22.3 Å². The largest absolute Gasteiger partial charge is 0.355 e. The van der Waals surface area contributed by atoms with Gasteiger partial charge in [0.2, 0.25) is 5.91 Å². The van der Waals surface area contributed by atoms with Crippen molar-refractivity contribution in [3.05, 3.63) is 35.9 Å². The van der Waals surface area contributed by atoms with E-state index in [1.807, 2.05) is 18.2 Å². The van der Waals surface area contributed by atoms with Crippen molar-refractivity contribution in [1.82, 2.24) is 10.2 Å². The van der Waals surface area contributed by atoms with E-state index in [9.17, 15) is 4.79 Å². The topological polar surface area (TPSA) is 58.4 Å². The first-order chi connectivity index (χ1) is 8.74. The van der Waals surface area contributed by atoms with E-state index >= 15 is 0 Å². The number of nitrogens with one attached hydrogen (secondary N) is 1. The summed E-state index contributed by atoms with van der Waals surface area (Å²) in [5.74, 6) is 0.0973. The lowest BCUT2D eigenvalue weighted by Gasteiger charge is -2.14. The highest BCUT2D eigenvalue weighted by molar-refractivity contribution is 5.78. The highest BCUT2D eigenvalue weighted by Crippen LogP contribution is 2.05. The van der Waals surface area contributed by atoms with Gasteiger partial charge in [0.15, 0.2) is 0 Å². The molecule has 1 amide bonds. The zero-order valence-corrected chi connectivity index (χ0v) is 10.6. The van der Waals surface area contributed by atoms with Crippen LogP contribution in [-0.4, -0.2) is 43.0 Å². The Morgan fingerprint density at radius 3 is 2.83 bits per heavy atom. The van der Waals surface area contributed by atoms with E-state index in [0.29, 0.717) is 13.1 Å². The van der Waals surface area contributed by atoms with Gasteiger partial charge in [-0.05, 0) is 18.4 Å². The first-order valence-electron chi connectivity index (χ1n) is 6.52. The number of rotatable bonds is 5.